The van der Waals surface area contributed by atoms with E-state index in [0.717, 1.165) is 8.79 Å². The van der Waals surface area contributed by atoms with Crippen LogP contribution >= 0.6 is 27.3 Å². The zero-order chi connectivity index (χ0) is 11.9. The number of benzene rings is 1. The zero-order valence-corrected chi connectivity index (χ0v) is 11.9. The fourth-order valence-corrected chi connectivity index (χ4v) is 2.96. The van der Waals surface area contributed by atoms with Crippen molar-refractivity contribution in [2.45, 2.75) is 20.8 Å². The molecule has 1 aromatic carbocycles. The number of thiazole rings is 1. The smallest absolute Gasteiger partial charge is 0.149 e. The van der Waals surface area contributed by atoms with Crippen LogP contribution in [-0.2, 0) is 0 Å². The molecule has 84 valence electrons. The van der Waals surface area contributed by atoms with Gasteiger partial charge in [0.05, 0.1) is 0 Å². The van der Waals surface area contributed by atoms with Crippen LogP contribution in [0.2, 0.25) is 0 Å². The predicted molar refractivity (Wildman–Crippen MR) is 73.9 cm³/mol. The number of halogens is 1. The summed E-state index contributed by atoms with van der Waals surface area (Å²) in [4.78, 5) is 4.36. The van der Waals surface area contributed by atoms with Crippen molar-refractivity contribution in [3.05, 3.63) is 32.6 Å². The lowest BCUT2D eigenvalue weighted by Gasteiger charge is -2.06. The quantitative estimate of drug-likeness (QED) is 0.861. The normalized spacial score (nSPS) is 10.8. The van der Waals surface area contributed by atoms with Crippen LogP contribution in [-0.4, -0.2) is 4.98 Å². The monoisotopic (exact) mass is 296 g/mol. The van der Waals surface area contributed by atoms with Crippen molar-refractivity contribution < 1.29 is 0 Å². The summed E-state index contributed by atoms with van der Waals surface area (Å²) in [7, 11) is 0. The number of hydrogen-bond donors (Lipinski definition) is 1. The van der Waals surface area contributed by atoms with Gasteiger partial charge in [-0.25, -0.2) is 4.98 Å². The minimum absolute atomic E-state index is 0.567. The molecule has 0 atom stereocenters. The zero-order valence-electron chi connectivity index (χ0n) is 9.47. The number of nitrogen functional groups attached to an aromatic ring is 1. The molecule has 16 heavy (non-hydrogen) atoms. The first kappa shape index (κ1) is 11.6. The lowest BCUT2D eigenvalue weighted by atomic mass is 10.0. The number of aryl methyl sites for hydroxylation is 3. The molecule has 0 aliphatic heterocycles. The second-order valence-electron chi connectivity index (χ2n) is 3.93. The first-order valence-corrected chi connectivity index (χ1v) is 6.60. The van der Waals surface area contributed by atoms with Gasteiger partial charge in [-0.05, 0) is 59.5 Å². The molecular weight excluding hydrogens is 284 g/mol. The van der Waals surface area contributed by atoms with E-state index in [9.17, 15) is 0 Å². The second-order valence-corrected chi connectivity index (χ2v) is 6.25. The second kappa shape index (κ2) is 4.18. The molecule has 0 unspecified atom stereocenters. The Labute approximate surface area is 108 Å². The third-order valence-corrected chi connectivity index (χ3v) is 4.47. The van der Waals surface area contributed by atoms with Crippen molar-refractivity contribution in [2.24, 2.45) is 0 Å². The van der Waals surface area contributed by atoms with Gasteiger partial charge in [-0.2, -0.15) is 0 Å². The molecule has 2 aromatic rings. The van der Waals surface area contributed by atoms with Gasteiger partial charge in [0.15, 0.2) is 0 Å². The molecule has 2 nitrogen and oxygen atoms in total. The molecule has 1 heterocycles. The molecule has 0 aliphatic rings. The van der Waals surface area contributed by atoms with Crippen molar-refractivity contribution in [3.8, 4) is 10.6 Å². The minimum Gasteiger partial charge on any atom is -0.382 e. The SMILES string of the molecule is Cc1cc(C)c(-c2nc(N)c(Br)s2)cc1C. The fourth-order valence-electron chi connectivity index (χ4n) is 1.62. The van der Waals surface area contributed by atoms with Crippen molar-refractivity contribution in [2.75, 3.05) is 5.73 Å². The first-order chi connectivity index (χ1) is 7.49. The number of aromatic nitrogens is 1. The van der Waals surface area contributed by atoms with E-state index in [4.69, 9.17) is 5.73 Å². The van der Waals surface area contributed by atoms with Gasteiger partial charge >= 0.3 is 0 Å². The fraction of sp³-hybridized carbons (Fsp3) is 0.250. The number of nitrogens with zero attached hydrogens (tertiary/aromatic N) is 1. The van der Waals surface area contributed by atoms with Crippen LogP contribution in [0, 0.1) is 20.8 Å². The summed E-state index contributed by atoms with van der Waals surface area (Å²) < 4.78 is 0.903. The highest BCUT2D eigenvalue weighted by molar-refractivity contribution is 9.11. The summed E-state index contributed by atoms with van der Waals surface area (Å²) in [6, 6.07) is 4.37. The summed E-state index contributed by atoms with van der Waals surface area (Å²) in [5.74, 6) is 0.567. The molecule has 0 fully saturated rings. The van der Waals surface area contributed by atoms with E-state index in [1.807, 2.05) is 0 Å². The standard InChI is InChI=1S/C12H13BrN2S/c1-6-4-8(3)9(5-7(6)2)12-15-11(14)10(13)16-12/h4-5H,14H2,1-3H3. The van der Waals surface area contributed by atoms with Gasteiger partial charge in [-0.1, -0.05) is 6.07 Å². The van der Waals surface area contributed by atoms with Gasteiger partial charge in [-0.3, -0.25) is 0 Å². The molecule has 0 saturated heterocycles. The number of anilines is 1. The van der Waals surface area contributed by atoms with Crippen LogP contribution in [0.25, 0.3) is 10.6 Å². The molecule has 0 saturated carbocycles. The average Bonchev–Trinajstić information content (AvgIpc) is 2.53. The van der Waals surface area contributed by atoms with E-state index in [2.05, 4.69) is 53.8 Å². The number of nitrogens with two attached hydrogens (primary N) is 1. The summed E-state index contributed by atoms with van der Waals surface area (Å²) >= 11 is 4.98. The van der Waals surface area contributed by atoms with Gasteiger partial charge < -0.3 is 5.73 Å². The van der Waals surface area contributed by atoms with Crippen molar-refractivity contribution in [3.63, 3.8) is 0 Å². The van der Waals surface area contributed by atoms with Crippen LogP contribution in [0.4, 0.5) is 5.82 Å². The van der Waals surface area contributed by atoms with E-state index in [-0.39, 0.29) is 0 Å². The number of hydrogen-bond acceptors (Lipinski definition) is 3. The molecule has 0 amide bonds. The molecule has 0 radical (unpaired) electrons. The van der Waals surface area contributed by atoms with Crippen LogP contribution in [0.15, 0.2) is 15.9 Å². The Morgan fingerprint density at radius 2 is 1.75 bits per heavy atom. The maximum Gasteiger partial charge on any atom is 0.149 e. The lowest BCUT2D eigenvalue weighted by molar-refractivity contribution is 1.29. The van der Waals surface area contributed by atoms with E-state index in [1.54, 1.807) is 11.3 Å². The third kappa shape index (κ3) is 1.99. The molecule has 1 aromatic heterocycles. The lowest BCUT2D eigenvalue weighted by Crippen LogP contribution is -1.89. The van der Waals surface area contributed by atoms with Gasteiger partial charge in [0, 0.05) is 5.56 Å². The van der Waals surface area contributed by atoms with E-state index in [0.29, 0.717) is 5.82 Å². The largest absolute Gasteiger partial charge is 0.382 e. The first-order valence-electron chi connectivity index (χ1n) is 4.99. The molecule has 2 rings (SSSR count). The summed E-state index contributed by atoms with van der Waals surface area (Å²) in [6.45, 7) is 6.34. The Balaban J connectivity index is 2.60. The topological polar surface area (TPSA) is 38.9 Å². The van der Waals surface area contributed by atoms with Crippen molar-refractivity contribution >= 4 is 33.1 Å². The highest BCUT2D eigenvalue weighted by atomic mass is 79.9. The van der Waals surface area contributed by atoms with Crippen LogP contribution < -0.4 is 5.73 Å². The Hall–Kier alpha value is -0.870. The van der Waals surface area contributed by atoms with Gasteiger partial charge in [0.2, 0.25) is 0 Å². The highest BCUT2D eigenvalue weighted by Gasteiger charge is 2.11. The molecule has 0 spiro atoms. The van der Waals surface area contributed by atoms with Crippen LogP contribution in [0.3, 0.4) is 0 Å². The van der Waals surface area contributed by atoms with Crippen LogP contribution in [0.1, 0.15) is 16.7 Å². The molecular formula is C12H13BrN2S. The van der Waals surface area contributed by atoms with Gasteiger partial charge in [-0.15, -0.1) is 11.3 Å². The maximum absolute atomic E-state index is 5.75. The summed E-state index contributed by atoms with van der Waals surface area (Å²) in [5.41, 5.74) is 10.8. The predicted octanol–water partition coefficient (Wildman–Crippen LogP) is 4.08. The Bertz CT molecular complexity index is 527. The van der Waals surface area contributed by atoms with E-state index in [1.165, 1.54) is 22.3 Å². The van der Waals surface area contributed by atoms with Gasteiger partial charge in [0.1, 0.15) is 14.6 Å². The Morgan fingerprint density at radius 3 is 2.31 bits per heavy atom. The van der Waals surface area contributed by atoms with Crippen molar-refractivity contribution in [1.82, 2.24) is 4.98 Å². The molecule has 0 bridgehead atoms. The third-order valence-electron chi connectivity index (χ3n) is 2.68. The maximum atomic E-state index is 5.75. The molecule has 2 N–H and O–H groups in total. The summed E-state index contributed by atoms with van der Waals surface area (Å²) in [6.07, 6.45) is 0. The van der Waals surface area contributed by atoms with Crippen LogP contribution in [0.5, 0.6) is 0 Å². The molecule has 0 aliphatic carbocycles. The average molecular weight is 297 g/mol. The minimum atomic E-state index is 0.567. The Kier molecular flexibility index (Phi) is 3.04. The van der Waals surface area contributed by atoms with Gasteiger partial charge in [0.25, 0.3) is 0 Å². The number of rotatable bonds is 1. The molecule has 4 heteroatoms. The summed E-state index contributed by atoms with van der Waals surface area (Å²) in [5, 5.41) is 0.977. The van der Waals surface area contributed by atoms with E-state index >= 15 is 0 Å². The van der Waals surface area contributed by atoms with E-state index < -0.39 is 0 Å². The van der Waals surface area contributed by atoms with Crippen molar-refractivity contribution in [1.29, 1.82) is 0 Å². The highest BCUT2D eigenvalue weighted by Crippen LogP contribution is 2.35. The Morgan fingerprint density at radius 1 is 1.12 bits per heavy atom.